The van der Waals surface area contributed by atoms with Gasteiger partial charge in [0.1, 0.15) is 12.6 Å². The maximum Gasteiger partial charge on any atom is 0.244 e. The summed E-state index contributed by atoms with van der Waals surface area (Å²) in [5.74, 6) is -0.871. The van der Waals surface area contributed by atoms with Crippen LogP contribution in [0.2, 0.25) is 10.0 Å². The van der Waals surface area contributed by atoms with Gasteiger partial charge in [-0.05, 0) is 69.0 Å². The fourth-order valence-electron chi connectivity index (χ4n) is 3.46. The van der Waals surface area contributed by atoms with Gasteiger partial charge in [0.25, 0.3) is 0 Å². The molecule has 0 heterocycles. The number of amides is 2. The topological polar surface area (TPSA) is 86.8 Å². The third-order valence-electron chi connectivity index (χ3n) is 5.84. The number of rotatable bonds is 10. The van der Waals surface area contributed by atoms with Crippen molar-refractivity contribution in [2.45, 2.75) is 59.7 Å². The van der Waals surface area contributed by atoms with Gasteiger partial charge in [-0.1, -0.05) is 48.3 Å². The van der Waals surface area contributed by atoms with Crippen LogP contribution in [0.25, 0.3) is 0 Å². The standard InChI is InChI=1S/C25H33Cl2N3O4S/c1-7-18(4)28-25(32)19(5)29(14-20-10-11-21(26)13-22(20)27)24(31)15-30(35(6,33)34)23-12-16(2)8-9-17(23)3/h8-13,18-19H,7,14-15H2,1-6H3,(H,28,32). The maximum absolute atomic E-state index is 13.6. The number of carbonyl (C=O) groups excluding carboxylic acids is 2. The molecule has 0 radical (unpaired) electrons. The summed E-state index contributed by atoms with van der Waals surface area (Å²) in [4.78, 5) is 27.9. The lowest BCUT2D eigenvalue weighted by molar-refractivity contribution is -0.139. The molecule has 0 saturated heterocycles. The molecule has 2 amide bonds. The highest BCUT2D eigenvalue weighted by Gasteiger charge is 2.31. The Balaban J connectivity index is 2.47. The number of hydrogen-bond acceptors (Lipinski definition) is 4. The van der Waals surface area contributed by atoms with Gasteiger partial charge >= 0.3 is 0 Å². The second-order valence-electron chi connectivity index (χ2n) is 8.81. The van der Waals surface area contributed by atoms with Crippen LogP contribution in [0, 0.1) is 13.8 Å². The van der Waals surface area contributed by atoms with Gasteiger partial charge in [-0.3, -0.25) is 13.9 Å². The van der Waals surface area contributed by atoms with Crippen LogP contribution in [-0.2, 0) is 26.2 Å². The SMILES string of the molecule is CCC(C)NC(=O)C(C)N(Cc1ccc(Cl)cc1Cl)C(=O)CN(c1cc(C)ccc1C)S(C)(=O)=O. The summed E-state index contributed by atoms with van der Waals surface area (Å²) in [5.41, 5.74) is 2.58. The molecular formula is C25H33Cl2N3O4S. The van der Waals surface area contributed by atoms with Crippen molar-refractivity contribution in [1.29, 1.82) is 0 Å². The Morgan fingerprint density at radius 1 is 1.06 bits per heavy atom. The van der Waals surface area contributed by atoms with Crippen molar-refractivity contribution >= 4 is 50.7 Å². The van der Waals surface area contributed by atoms with Crippen molar-refractivity contribution in [3.63, 3.8) is 0 Å². The van der Waals surface area contributed by atoms with E-state index in [0.717, 1.165) is 22.5 Å². The molecule has 2 unspecified atom stereocenters. The lowest BCUT2D eigenvalue weighted by Gasteiger charge is -2.32. The molecule has 10 heteroatoms. The van der Waals surface area contributed by atoms with Crippen molar-refractivity contribution in [2.75, 3.05) is 17.1 Å². The van der Waals surface area contributed by atoms with E-state index in [1.807, 2.05) is 26.8 Å². The number of sulfonamides is 1. The number of nitrogens with zero attached hydrogens (tertiary/aromatic N) is 2. The molecule has 2 atom stereocenters. The van der Waals surface area contributed by atoms with E-state index < -0.39 is 28.5 Å². The summed E-state index contributed by atoms with van der Waals surface area (Å²) in [7, 11) is -3.80. The molecule has 192 valence electrons. The van der Waals surface area contributed by atoms with Crippen LogP contribution < -0.4 is 9.62 Å². The Bertz CT molecular complexity index is 1190. The van der Waals surface area contributed by atoms with Crippen molar-refractivity contribution in [2.24, 2.45) is 0 Å². The zero-order chi connectivity index (χ0) is 26.5. The number of carbonyl (C=O) groups is 2. The maximum atomic E-state index is 13.6. The molecule has 35 heavy (non-hydrogen) atoms. The summed E-state index contributed by atoms with van der Waals surface area (Å²) in [6.07, 6.45) is 1.78. The summed E-state index contributed by atoms with van der Waals surface area (Å²) in [5, 5.41) is 3.68. The fraction of sp³-hybridized carbons (Fsp3) is 0.440. The molecule has 0 saturated carbocycles. The summed E-state index contributed by atoms with van der Waals surface area (Å²) >= 11 is 12.4. The van der Waals surface area contributed by atoms with E-state index in [9.17, 15) is 18.0 Å². The Labute approximate surface area is 218 Å². The van der Waals surface area contributed by atoms with Crippen LogP contribution >= 0.6 is 23.2 Å². The van der Waals surface area contributed by atoms with E-state index in [-0.39, 0.29) is 18.5 Å². The first-order valence-corrected chi connectivity index (χ1v) is 13.9. The van der Waals surface area contributed by atoms with E-state index >= 15 is 0 Å². The van der Waals surface area contributed by atoms with E-state index in [1.165, 1.54) is 4.90 Å². The molecule has 0 aromatic heterocycles. The van der Waals surface area contributed by atoms with Gasteiger partial charge in [-0.15, -0.1) is 0 Å². The van der Waals surface area contributed by atoms with Gasteiger partial charge in [-0.25, -0.2) is 8.42 Å². The average molecular weight is 543 g/mol. The zero-order valence-corrected chi connectivity index (χ0v) is 23.3. The van der Waals surface area contributed by atoms with Gasteiger partial charge in [0.2, 0.25) is 21.8 Å². The van der Waals surface area contributed by atoms with Crippen LogP contribution in [0.5, 0.6) is 0 Å². The Hall–Kier alpha value is -2.29. The van der Waals surface area contributed by atoms with Crippen LogP contribution in [-0.4, -0.2) is 50.0 Å². The van der Waals surface area contributed by atoms with Crippen molar-refractivity contribution in [3.8, 4) is 0 Å². The Morgan fingerprint density at radius 3 is 2.29 bits per heavy atom. The monoisotopic (exact) mass is 541 g/mol. The van der Waals surface area contributed by atoms with Crippen LogP contribution in [0.1, 0.15) is 43.9 Å². The molecule has 7 nitrogen and oxygen atoms in total. The van der Waals surface area contributed by atoms with Gasteiger partial charge in [-0.2, -0.15) is 0 Å². The summed E-state index contributed by atoms with van der Waals surface area (Å²) in [6.45, 7) is 8.61. The molecule has 0 aliphatic carbocycles. The number of aryl methyl sites for hydroxylation is 2. The molecule has 0 bridgehead atoms. The summed E-state index contributed by atoms with van der Waals surface area (Å²) < 4.78 is 26.5. The molecule has 2 aromatic rings. The highest BCUT2D eigenvalue weighted by Crippen LogP contribution is 2.26. The number of benzene rings is 2. The number of hydrogen-bond donors (Lipinski definition) is 1. The van der Waals surface area contributed by atoms with E-state index in [2.05, 4.69) is 5.32 Å². The molecule has 0 fully saturated rings. The van der Waals surface area contributed by atoms with E-state index in [4.69, 9.17) is 23.2 Å². The first-order valence-electron chi connectivity index (χ1n) is 11.3. The minimum absolute atomic E-state index is 0.00826. The minimum Gasteiger partial charge on any atom is -0.352 e. The van der Waals surface area contributed by atoms with Gasteiger partial charge < -0.3 is 10.2 Å². The highest BCUT2D eigenvalue weighted by molar-refractivity contribution is 7.92. The second kappa shape index (κ2) is 12.1. The van der Waals surface area contributed by atoms with Crippen LogP contribution in [0.15, 0.2) is 36.4 Å². The lowest BCUT2D eigenvalue weighted by atomic mass is 10.1. The third-order valence-corrected chi connectivity index (χ3v) is 7.55. The quantitative estimate of drug-likeness (QED) is 0.471. The molecule has 1 N–H and O–H groups in total. The van der Waals surface area contributed by atoms with E-state index in [0.29, 0.717) is 26.9 Å². The predicted molar refractivity (Wildman–Crippen MR) is 142 cm³/mol. The lowest BCUT2D eigenvalue weighted by Crippen LogP contribution is -2.52. The molecule has 0 aliphatic heterocycles. The van der Waals surface area contributed by atoms with Crippen LogP contribution in [0.3, 0.4) is 0 Å². The summed E-state index contributed by atoms with van der Waals surface area (Å²) in [6, 6.07) is 9.34. The molecular weight excluding hydrogens is 509 g/mol. The number of halogens is 2. The fourth-order valence-corrected chi connectivity index (χ4v) is 4.83. The number of anilines is 1. The van der Waals surface area contributed by atoms with Gasteiger partial charge in [0.15, 0.2) is 0 Å². The smallest absolute Gasteiger partial charge is 0.244 e. The van der Waals surface area contributed by atoms with Gasteiger partial charge in [0, 0.05) is 22.6 Å². The van der Waals surface area contributed by atoms with Gasteiger partial charge in [0.05, 0.1) is 11.9 Å². The minimum atomic E-state index is -3.80. The molecule has 2 rings (SSSR count). The van der Waals surface area contributed by atoms with Crippen molar-refractivity contribution < 1.29 is 18.0 Å². The second-order valence-corrected chi connectivity index (χ2v) is 11.6. The Kier molecular flexibility index (Phi) is 10.0. The highest BCUT2D eigenvalue weighted by atomic mass is 35.5. The predicted octanol–water partition coefficient (Wildman–Crippen LogP) is 4.71. The molecule has 0 aliphatic rings. The molecule has 2 aromatic carbocycles. The Morgan fingerprint density at radius 2 is 1.71 bits per heavy atom. The molecule has 0 spiro atoms. The number of nitrogens with one attached hydrogen (secondary N) is 1. The normalized spacial score (nSPS) is 13.1. The van der Waals surface area contributed by atoms with Crippen molar-refractivity contribution in [1.82, 2.24) is 10.2 Å². The largest absolute Gasteiger partial charge is 0.352 e. The first kappa shape index (κ1) is 28.9. The van der Waals surface area contributed by atoms with Crippen molar-refractivity contribution in [3.05, 3.63) is 63.1 Å². The average Bonchev–Trinajstić information content (AvgIpc) is 2.77. The zero-order valence-electron chi connectivity index (χ0n) is 20.9. The first-order chi connectivity index (χ1) is 16.2. The van der Waals surface area contributed by atoms with E-state index in [1.54, 1.807) is 44.2 Å². The van der Waals surface area contributed by atoms with Crippen LogP contribution in [0.4, 0.5) is 5.69 Å². The third kappa shape index (κ3) is 7.85.